The molecule has 3 nitrogen and oxygen atoms in total. The van der Waals surface area contributed by atoms with Gasteiger partial charge in [0.15, 0.2) is 0 Å². The van der Waals surface area contributed by atoms with Crippen molar-refractivity contribution in [1.82, 2.24) is 0 Å². The van der Waals surface area contributed by atoms with Gasteiger partial charge in [0, 0.05) is 12.0 Å². The molecule has 0 bridgehead atoms. The third-order valence-electron chi connectivity index (χ3n) is 3.53. The number of fused-ring (bicyclic) bond motifs is 1. The van der Waals surface area contributed by atoms with E-state index >= 15 is 0 Å². The Morgan fingerprint density at radius 2 is 1.94 bits per heavy atom. The van der Waals surface area contributed by atoms with Gasteiger partial charge in [0.05, 0.1) is 11.4 Å². The number of benzene rings is 1. The molecule has 0 radical (unpaired) electrons. The van der Waals surface area contributed by atoms with Crippen LogP contribution in [0.25, 0.3) is 0 Å². The third-order valence-corrected chi connectivity index (χ3v) is 5.33. The zero-order chi connectivity index (χ0) is 13.4. The SMILES string of the molecule is CCCCS(=O)(=O)N1CC(C)(C)c2ccccc21. The van der Waals surface area contributed by atoms with Crippen LogP contribution in [0.4, 0.5) is 5.69 Å². The van der Waals surface area contributed by atoms with Gasteiger partial charge < -0.3 is 0 Å². The molecule has 0 spiro atoms. The van der Waals surface area contributed by atoms with Gasteiger partial charge in [-0.3, -0.25) is 4.31 Å². The molecular weight excluding hydrogens is 246 g/mol. The summed E-state index contributed by atoms with van der Waals surface area (Å²) < 4.78 is 26.3. The average molecular weight is 267 g/mol. The van der Waals surface area contributed by atoms with Crippen LogP contribution >= 0.6 is 0 Å². The topological polar surface area (TPSA) is 37.4 Å². The molecule has 4 heteroatoms. The Bertz CT molecular complexity index is 534. The van der Waals surface area contributed by atoms with Crippen LogP contribution in [0.2, 0.25) is 0 Å². The van der Waals surface area contributed by atoms with E-state index in [4.69, 9.17) is 0 Å². The molecule has 0 unspecified atom stereocenters. The molecule has 18 heavy (non-hydrogen) atoms. The van der Waals surface area contributed by atoms with Crippen LogP contribution < -0.4 is 4.31 Å². The van der Waals surface area contributed by atoms with Gasteiger partial charge in [-0.05, 0) is 18.1 Å². The van der Waals surface area contributed by atoms with E-state index in [2.05, 4.69) is 13.8 Å². The van der Waals surface area contributed by atoms with Crippen molar-refractivity contribution in [3.63, 3.8) is 0 Å². The Kier molecular flexibility index (Phi) is 3.41. The van der Waals surface area contributed by atoms with E-state index in [1.807, 2.05) is 31.2 Å². The zero-order valence-corrected chi connectivity index (χ0v) is 12.1. The van der Waals surface area contributed by atoms with E-state index in [0.29, 0.717) is 6.54 Å². The number of hydrogen-bond donors (Lipinski definition) is 0. The van der Waals surface area contributed by atoms with E-state index in [-0.39, 0.29) is 11.2 Å². The summed E-state index contributed by atoms with van der Waals surface area (Å²) in [6.45, 7) is 6.76. The first-order chi connectivity index (χ1) is 8.38. The van der Waals surface area contributed by atoms with Gasteiger partial charge in [-0.25, -0.2) is 8.42 Å². The Balaban J connectivity index is 2.39. The summed E-state index contributed by atoms with van der Waals surface area (Å²) in [4.78, 5) is 0. The van der Waals surface area contributed by atoms with Crippen molar-refractivity contribution < 1.29 is 8.42 Å². The summed E-state index contributed by atoms with van der Waals surface area (Å²) >= 11 is 0. The lowest BCUT2D eigenvalue weighted by atomic mass is 9.87. The number of anilines is 1. The van der Waals surface area contributed by atoms with E-state index in [9.17, 15) is 8.42 Å². The Hall–Kier alpha value is -1.03. The molecule has 1 aliphatic heterocycles. The van der Waals surface area contributed by atoms with Gasteiger partial charge in [-0.15, -0.1) is 0 Å². The largest absolute Gasteiger partial charge is 0.269 e. The molecule has 0 fully saturated rings. The Morgan fingerprint density at radius 1 is 1.28 bits per heavy atom. The maximum atomic E-state index is 12.4. The van der Waals surface area contributed by atoms with Crippen LogP contribution in [0.5, 0.6) is 0 Å². The van der Waals surface area contributed by atoms with E-state index < -0.39 is 10.0 Å². The predicted octanol–water partition coefficient (Wildman–Crippen LogP) is 2.91. The predicted molar refractivity (Wildman–Crippen MR) is 75.5 cm³/mol. The maximum Gasteiger partial charge on any atom is 0.235 e. The minimum absolute atomic E-state index is 0.101. The van der Waals surface area contributed by atoms with Crippen LogP contribution in [0, 0.1) is 0 Å². The quantitative estimate of drug-likeness (QED) is 0.841. The molecule has 0 aromatic heterocycles. The molecule has 2 rings (SSSR count). The second kappa shape index (κ2) is 4.57. The van der Waals surface area contributed by atoms with Gasteiger partial charge >= 0.3 is 0 Å². The minimum atomic E-state index is -3.17. The third kappa shape index (κ3) is 2.26. The van der Waals surface area contributed by atoms with Crippen LogP contribution in [0.3, 0.4) is 0 Å². The lowest BCUT2D eigenvalue weighted by Crippen LogP contribution is -2.35. The lowest BCUT2D eigenvalue weighted by molar-refractivity contribution is 0.553. The highest BCUT2D eigenvalue weighted by atomic mass is 32.2. The fourth-order valence-corrected chi connectivity index (χ4v) is 4.33. The molecule has 0 aliphatic carbocycles. The van der Waals surface area contributed by atoms with Gasteiger partial charge in [0.2, 0.25) is 10.0 Å². The summed E-state index contributed by atoms with van der Waals surface area (Å²) in [5.74, 6) is 0.244. The standard InChI is InChI=1S/C14H21NO2S/c1-4-5-10-18(16,17)15-11-14(2,3)12-8-6-7-9-13(12)15/h6-9H,4-5,10-11H2,1-3H3. The van der Waals surface area contributed by atoms with Crippen molar-refractivity contribution in [2.75, 3.05) is 16.6 Å². The minimum Gasteiger partial charge on any atom is -0.269 e. The van der Waals surface area contributed by atoms with E-state index in [1.54, 1.807) is 4.31 Å². The van der Waals surface area contributed by atoms with Crippen LogP contribution in [-0.4, -0.2) is 20.7 Å². The monoisotopic (exact) mass is 267 g/mol. The smallest absolute Gasteiger partial charge is 0.235 e. The Labute approximate surface area is 110 Å². The molecule has 1 aliphatic rings. The highest BCUT2D eigenvalue weighted by molar-refractivity contribution is 7.92. The first-order valence-corrected chi connectivity index (χ1v) is 8.09. The van der Waals surface area contributed by atoms with Crippen LogP contribution in [0.15, 0.2) is 24.3 Å². The second-order valence-corrected chi connectivity index (χ2v) is 7.59. The van der Waals surface area contributed by atoms with Crippen molar-refractivity contribution in [3.05, 3.63) is 29.8 Å². The van der Waals surface area contributed by atoms with Crippen molar-refractivity contribution in [2.24, 2.45) is 0 Å². The molecule has 1 heterocycles. The van der Waals surface area contributed by atoms with Crippen molar-refractivity contribution >= 4 is 15.7 Å². The number of unbranched alkanes of at least 4 members (excludes halogenated alkanes) is 1. The highest BCUT2D eigenvalue weighted by Gasteiger charge is 2.39. The molecule has 1 aromatic rings. The number of rotatable bonds is 4. The number of nitrogens with zero attached hydrogens (tertiary/aromatic N) is 1. The van der Waals surface area contributed by atoms with Gasteiger partial charge in [0.25, 0.3) is 0 Å². The van der Waals surface area contributed by atoms with Crippen LogP contribution in [0.1, 0.15) is 39.2 Å². The van der Waals surface area contributed by atoms with Gasteiger partial charge in [-0.1, -0.05) is 45.4 Å². The van der Waals surface area contributed by atoms with Gasteiger partial charge in [0.1, 0.15) is 0 Å². The van der Waals surface area contributed by atoms with Crippen molar-refractivity contribution in [1.29, 1.82) is 0 Å². The lowest BCUT2D eigenvalue weighted by Gasteiger charge is -2.22. The molecule has 0 atom stereocenters. The number of hydrogen-bond acceptors (Lipinski definition) is 2. The summed E-state index contributed by atoms with van der Waals surface area (Å²) in [6.07, 6.45) is 1.62. The molecule has 1 aromatic carbocycles. The average Bonchev–Trinajstić information content (AvgIpc) is 2.61. The fraction of sp³-hybridized carbons (Fsp3) is 0.571. The van der Waals surface area contributed by atoms with Crippen molar-refractivity contribution in [2.45, 2.75) is 39.0 Å². The maximum absolute atomic E-state index is 12.4. The highest BCUT2D eigenvalue weighted by Crippen LogP contribution is 2.41. The molecule has 0 saturated carbocycles. The molecule has 100 valence electrons. The van der Waals surface area contributed by atoms with Crippen molar-refractivity contribution in [3.8, 4) is 0 Å². The summed E-state index contributed by atoms with van der Waals surface area (Å²) in [6, 6.07) is 7.82. The molecule has 0 amide bonds. The first-order valence-electron chi connectivity index (χ1n) is 6.48. The normalized spacial score (nSPS) is 17.8. The molecule has 0 N–H and O–H groups in total. The summed E-state index contributed by atoms with van der Waals surface area (Å²) in [5.41, 5.74) is 1.89. The van der Waals surface area contributed by atoms with E-state index in [0.717, 1.165) is 24.1 Å². The summed E-state index contributed by atoms with van der Waals surface area (Å²) in [5, 5.41) is 0. The van der Waals surface area contributed by atoms with Gasteiger partial charge in [-0.2, -0.15) is 0 Å². The zero-order valence-electron chi connectivity index (χ0n) is 11.3. The second-order valence-electron chi connectivity index (χ2n) is 5.58. The molecule has 0 saturated heterocycles. The first kappa shape index (κ1) is 13.4. The summed E-state index contributed by atoms with van der Waals surface area (Å²) in [7, 11) is -3.17. The van der Waals surface area contributed by atoms with E-state index in [1.165, 1.54) is 0 Å². The number of sulfonamides is 1. The fourth-order valence-electron chi connectivity index (χ4n) is 2.48. The van der Waals surface area contributed by atoms with Crippen LogP contribution in [-0.2, 0) is 15.4 Å². The Morgan fingerprint density at radius 3 is 2.61 bits per heavy atom. The number of para-hydroxylation sites is 1. The molecular formula is C14H21NO2S.